The Morgan fingerprint density at radius 2 is 1.78 bits per heavy atom. The van der Waals surface area contributed by atoms with Crippen LogP contribution in [0.25, 0.3) is 11.3 Å². The number of piperazine rings is 1. The van der Waals surface area contributed by atoms with E-state index in [1.165, 1.54) is 0 Å². The van der Waals surface area contributed by atoms with Gasteiger partial charge in [0.2, 0.25) is 11.8 Å². The molecule has 1 saturated heterocycles. The minimum Gasteiger partial charge on any atom is -0.497 e. The molecular weight excluding hydrogens is 454 g/mol. The Bertz CT molecular complexity index is 1180. The van der Waals surface area contributed by atoms with Crippen molar-refractivity contribution in [2.75, 3.05) is 51.3 Å². The van der Waals surface area contributed by atoms with E-state index < -0.39 is 0 Å². The summed E-state index contributed by atoms with van der Waals surface area (Å²) in [5.41, 5.74) is 2.64. The lowest BCUT2D eigenvalue weighted by Crippen LogP contribution is -2.52. The van der Waals surface area contributed by atoms with Crippen molar-refractivity contribution >= 4 is 17.6 Å². The number of carbonyl (C=O) groups excluding carboxylic acids is 2. The van der Waals surface area contributed by atoms with Gasteiger partial charge in [0, 0.05) is 38.3 Å². The van der Waals surface area contributed by atoms with Gasteiger partial charge in [-0.2, -0.15) is 0 Å². The van der Waals surface area contributed by atoms with Gasteiger partial charge in [-0.3, -0.25) is 9.59 Å². The fourth-order valence-corrected chi connectivity index (χ4v) is 4.17. The van der Waals surface area contributed by atoms with Gasteiger partial charge in [0.1, 0.15) is 12.3 Å². The van der Waals surface area contributed by atoms with Gasteiger partial charge in [-0.15, -0.1) is 16.8 Å². The van der Waals surface area contributed by atoms with Crippen molar-refractivity contribution in [2.24, 2.45) is 0 Å². The molecule has 186 valence electrons. The van der Waals surface area contributed by atoms with Gasteiger partial charge in [-0.1, -0.05) is 48.5 Å². The van der Waals surface area contributed by atoms with Crippen LogP contribution in [-0.2, 0) is 16.0 Å². The second-order valence-corrected chi connectivity index (χ2v) is 8.60. The lowest BCUT2D eigenvalue weighted by molar-refractivity contribution is -0.139. The summed E-state index contributed by atoms with van der Waals surface area (Å²) in [4.78, 5) is 31.3. The number of benzene rings is 2. The highest BCUT2D eigenvalue weighted by Gasteiger charge is 2.25. The molecule has 4 rings (SSSR count). The van der Waals surface area contributed by atoms with Crippen LogP contribution < -0.4 is 9.64 Å². The maximum absolute atomic E-state index is 13.0. The van der Waals surface area contributed by atoms with Crippen molar-refractivity contribution in [2.45, 2.75) is 6.42 Å². The van der Waals surface area contributed by atoms with Crippen LogP contribution in [-0.4, -0.2) is 78.2 Å². The number of carbonyl (C=O) groups is 2. The molecule has 1 fully saturated rings. The number of hydrogen-bond acceptors (Lipinski definition) is 6. The third kappa shape index (κ3) is 6.27. The van der Waals surface area contributed by atoms with Crippen molar-refractivity contribution in [3.05, 3.63) is 84.9 Å². The first-order valence-electron chi connectivity index (χ1n) is 12.0. The number of nitrogens with zero attached hydrogens (tertiary/aromatic N) is 5. The summed E-state index contributed by atoms with van der Waals surface area (Å²) in [6, 6.07) is 21.2. The van der Waals surface area contributed by atoms with Gasteiger partial charge in [0.05, 0.1) is 19.2 Å². The molecule has 8 heteroatoms. The molecule has 1 aromatic heterocycles. The average molecular weight is 486 g/mol. The minimum absolute atomic E-state index is 0.0483. The number of methoxy groups -OCH3 is 1. The minimum atomic E-state index is -0.0838. The van der Waals surface area contributed by atoms with Crippen molar-refractivity contribution in [3.63, 3.8) is 0 Å². The first-order valence-corrected chi connectivity index (χ1v) is 12.0. The van der Waals surface area contributed by atoms with Crippen LogP contribution in [0.15, 0.2) is 79.4 Å². The van der Waals surface area contributed by atoms with E-state index in [0.29, 0.717) is 32.7 Å². The molecule has 2 aromatic carbocycles. The van der Waals surface area contributed by atoms with E-state index in [0.717, 1.165) is 28.4 Å². The van der Waals surface area contributed by atoms with Crippen LogP contribution in [0.2, 0.25) is 0 Å². The standard InChI is InChI=1S/C28H31N5O3/c1-3-14-33(27(34)19-22-8-5-4-6-9-22)21-28(35)32-17-15-31(16-18-32)26-13-12-25(29-30-26)23-10-7-11-24(20-23)36-2/h3-13,20H,1,14-19,21H2,2H3. The zero-order valence-corrected chi connectivity index (χ0v) is 20.5. The van der Waals surface area contributed by atoms with Gasteiger partial charge >= 0.3 is 0 Å². The molecular formula is C28H31N5O3. The van der Waals surface area contributed by atoms with Crippen molar-refractivity contribution < 1.29 is 14.3 Å². The molecule has 0 atom stereocenters. The van der Waals surface area contributed by atoms with Crippen LogP contribution in [0, 0.1) is 0 Å². The summed E-state index contributed by atoms with van der Waals surface area (Å²) in [6.45, 7) is 6.56. The summed E-state index contributed by atoms with van der Waals surface area (Å²) in [6.07, 6.45) is 1.92. The molecule has 3 aromatic rings. The average Bonchev–Trinajstić information content (AvgIpc) is 2.93. The predicted molar refractivity (Wildman–Crippen MR) is 140 cm³/mol. The van der Waals surface area contributed by atoms with E-state index in [1.807, 2.05) is 66.7 Å². The second-order valence-electron chi connectivity index (χ2n) is 8.60. The molecule has 0 aliphatic carbocycles. The highest BCUT2D eigenvalue weighted by atomic mass is 16.5. The molecule has 0 spiro atoms. The van der Waals surface area contributed by atoms with Crippen LogP contribution in [0.1, 0.15) is 5.56 Å². The molecule has 0 radical (unpaired) electrons. The van der Waals surface area contributed by atoms with E-state index in [2.05, 4.69) is 21.7 Å². The van der Waals surface area contributed by atoms with Crippen LogP contribution >= 0.6 is 0 Å². The van der Waals surface area contributed by atoms with E-state index in [9.17, 15) is 9.59 Å². The number of amides is 2. The lowest BCUT2D eigenvalue weighted by Gasteiger charge is -2.36. The third-order valence-corrected chi connectivity index (χ3v) is 6.20. The van der Waals surface area contributed by atoms with E-state index >= 15 is 0 Å². The number of hydrogen-bond donors (Lipinski definition) is 0. The largest absolute Gasteiger partial charge is 0.497 e. The van der Waals surface area contributed by atoms with Gasteiger partial charge < -0.3 is 19.4 Å². The Labute approximate surface area is 211 Å². The first-order chi connectivity index (χ1) is 17.6. The van der Waals surface area contributed by atoms with Crippen molar-refractivity contribution in [1.29, 1.82) is 0 Å². The predicted octanol–water partition coefficient (Wildman–Crippen LogP) is 3.06. The Hall–Kier alpha value is -4.20. The van der Waals surface area contributed by atoms with Crippen LogP contribution in [0.4, 0.5) is 5.82 Å². The SMILES string of the molecule is C=CCN(CC(=O)N1CCN(c2ccc(-c3cccc(OC)c3)nn2)CC1)C(=O)Cc1ccccc1. The Balaban J connectivity index is 1.31. The molecule has 36 heavy (non-hydrogen) atoms. The Kier molecular flexibility index (Phi) is 8.28. The zero-order chi connectivity index (χ0) is 25.3. The van der Waals surface area contributed by atoms with Gasteiger partial charge in [0.15, 0.2) is 5.82 Å². The maximum atomic E-state index is 13.0. The lowest BCUT2D eigenvalue weighted by atomic mass is 10.1. The molecule has 0 unspecified atom stereocenters. The molecule has 1 aliphatic heterocycles. The highest BCUT2D eigenvalue weighted by Crippen LogP contribution is 2.23. The van der Waals surface area contributed by atoms with Crippen molar-refractivity contribution in [3.8, 4) is 17.0 Å². The first kappa shape index (κ1) is 24.9. The number of ether oxygens (including phenoxy) is 1. The quantitative estimate of drug-likeness (QED) is 0.434. The Morgan fingerprint density at radius 3 is 2.44 bits per heavy atom. The fraction of sp³-hybridized carbons (Fsp3) is 0.286. The Morgan fingerprint density at radius 1 is 1.00 bits per heavy atom. The maximum Gasteiger partial charge on any atom is 0.242 e. The zero-order valence-electron chi connectivity index (χ0n) is 20.5. The summed E-state index contributed by atoms with van der Waals surface area (Å²) < 4.78 is 5.29. The van der Waals surface area contributed by atoms with E-state index in [4.69, 9.17) is 4.74 Å². The smallest absolute Gasteiger partial charge is 0.242 e. The summed E-state index contributed by atoms with van der Waals surface area (Å²) in [5.74, 6) is 1.41. The number of aromatic nitrogens is 2. The van der Waals surface area contributed by atoms with E-state index in [1.54, 1.807) is 23.0 Å². The molecule has 0 N–H and O–H groups in total. The topological polar surface area (TPSA) is 78.9 Å². The molecule has 8 nitrogen and oxygen atoms in total. The van der Waals surface area contributed by atoms with Gasteiger partial charge in [-0.05, 0) is 29.8 Å². The van der Waals surface area contributed by atoms with E-state index in [-0.39, 0.29) is 24.8 Å². The fourth-order valence-electron chi connectivity index (χ4n) is 4.17. The molecule has 0 bridgehead atoms. The van der Waals surface area contributed by atoms with Crippen LogP contribution in [0.3, 0.4) is 0 Å². The normalized spacial score (nSPS) is 13.2. The number of rotatable bonds is 9. The van der Waals surface area contributed by atoms with Crippen molar-refractivity contribution in [1.82, 2.24) is 20.0 Å². The van der Waals surface area contributed by atoms with Gasteiger partial charge in [0.25, 0.3) is 0 Å². The molecule has 0 saturated carbocycles. The second kappa shape index (κ2) is 12.0. The third-order valence-electron chi connectivity index (χ3n) is 6.20. The molecule has 2 heterocycles. The number of anilines is 1. The summed E-state index contributed by atoms with van der Waals surface area (Å²) in [7, 11) is 1.64. The summed E-state index contributed by atoms with van der Waals surface area (Å²) >= 11 is 0. The monoisotopic (exact) mass is 485 g/mol. The van der Waals surface area contributed by atoms with Gasteiger partial charge in [-0.25, -0.2) is 0 Å². The summed E-state index contributed by atoms with van der Waals surface area (Å²) in [5, 5.41) is 8.79. The molecule has 2 amide bonds. The van der Waals surface area contributed by atoms with Crippen LogP contribution in [0.5, 0.6) is 5.75 Å². The highest BCUT2D eigenvalue weighted by molar-refractivity contribution is 5.86. The molecule has 1 aliphatic rings.